The number of carbonyl (C=O) groups is 4. The zero-order valence-corrected chi connectivity index (χ0v) is 19.5. The molecule has 1 aromatic rings. The van der Waals surface area contributed by atoms with Crippen LogP contribution in [0.2, 0.25) is 0 Å². The number of nitrogens with zero attached hydrogens (tertiary/aromatic N) is 2. The molecule has 0 aliphatic carbocycles. The Morgan fingerprint density at radius 2 is 1.94 bits per heavy atom. The number of likely N-dealkylation sites (tertiary alicyclic amines) is 1. The third kappa shape index (κ3) is 4.94. The number of hydrogen-bond donors (Lipinski definition) is 3. The van der Waals surface area contributed by atoms with Gasteiger partial charge in [0.2, 0.25) is 17.7 Å². The van der Waals surface area contributed by atoms with Crippen molar-refractivity contribution in [1.29, 1.82) is 0 Å². The Kier molecular flexibility index (Phi) is 6.71. The molecule has 0 saturated carbocycles. The molecule has 1 aromatic carbocycles. The van der Waals surface area contributed by atoms with Gasteiger partial charge in [0.05, 0.1) is 12.5 Å². The van der Waals surface area contributed by atoms with Crippen molar-refractivity contribution in [2.75, 3.05) is 6.54 Å². The second-order valence-corrected chi connectivity index (χ2v) is 9.92. The topological polar surface area (TPSA) is 127 Å². The predicted octanol–water partition coefficient (Wildman–Crippen LogP) is 0.511. The fraction of sp³-hybridized carbons (Fsp3) is 0.565. The van der Waals surface area contributed by atoms with E-state index in [1.807, 2.05) is 19.9 Å². The summed E-state index contributed by atoms with van der Waals surface area (Å²) < 4.78 is 27.6. The minimum atomic E-state index is -3.26. The standard InChI is InChI=1S/C23H28BF2N3O6/c1-12(2)20(31)15-5-3-4-13-9-28(10-16(13)15)19(30)7-14-6-17(27-21(14)32)22(33)29-11-23(25,26)8-18(29)24(34)35/h3-5,12,14,17-18,34-35H,6-11H2,1-2H3,(H,27,32)/t14-,17-,18-/m0/s1. The van der Waals surface area contributed by atoms with Crippen molar-refractivity contribution in [3.63, 3.8) is 0 Å². The Balaban J connectivity index is 1.40. The molecule has 3 aliphatic heterocycles. The zero-order valence-electron chi connectivity index (χ0n) is 19.5. The van der Waals surface area contributed by atoms with Gasteiger partial charge in [0, 0.05) is 43.3 Å². The van der Waals surface area contributed by atoms with Gasteiger partial charge in [-0.1, -0.05) is 32.0 Å². The fourth-order valence-corrected chi connectivity index (χ4v) is 5.11. The van der Waals surface area contributed by atoms with Crippen LogP contribution in [0.4, 0.5) is 8.78 Å². The van der Waals surface area contributed by atoms with Gasteiger partial charge < -0.3 is 25.2 Å². The summed E-state index contributed by atoms with van der Waals surface area (Å²) in [5.74, 6) is -7.42. The van der Waals surface area contributed by atoms with Crippen molar-refractivity contribution in [2.45, 2.75) is 64.1 Å². The van der Waals surface area contributed by atoms with Crippen molar-refractivity contribution in [3.8, 4) is 0 Å². The largest absolute Gasteiger partial charge is 0.475 e. The predicted molar refractivity (Wildman–Crippen MR) is 120 cm³/mol. The molecule has 35 heavy (non-hydrogen) atoms. The highest BCUT2D eigenvalue weighted by molar-refractivity contribution is 6.43. The maximum Gasteiger partial charge on any atom is 0.475 e. The van der Waals surface area contributed by atoms with E-state index in [-0.39, 0.29) is 37.0 Å². The number of fused-ring (bicyclic) bond motifs is 1. The van der Waals surface area contributed by atoms with Crippen LogP contribution in [0.1, 0.15) is 54.6 Å². The van der Waals surface area contributed by atoms with Gasteiger partial charge in [-0.2, -0.15) is 0 Å². The van der Waals surface area contributed by atoms with Gasteiger partial charge in [0.25, 0.3) is 5.92 Å². The number of hydrogen-bond acceptors (Lipinski definition) is 6. The minimum Gasteiger partial charge on any atom is -0.426 e. The van der Waals surface area contributed by atoms with E-state index in [4.69, 9.17) is 0 Å². The van der Waals surface area contributed by atoms with E-state index in [0.717, 1.165) is 11.1 Å². The van der Waals surface area contributed by atoms with Crippen molar-refractivity contribution in [1.82, 2.24) is 15.1 Å². The van der Waals surface area contributed by atoms with E-state index in [1.165, 1.54) is 0 Å². The highest BCUT2D eigenvalue weighted by Crippen LogP contribution is 2.34. The number of Topliss-reactive ketones (excluding diaryl/α,β-unsaturated/α-hetero) is 1. The average molecular weight is 491 g/mol. The number of rotatable bonds is 6. The van der Waals surface area contributed by atoms with Crippen LogP contribution in [0.3, 0.4) is 0 Å². The van der Waals surface area contributed by atoms with Crippen molar-refractivity contribution < 1.29 is 38.0 Å². The van der Waals surface area contributed by atoms with E-state index in [9.17, 15) is 38.0 Å². The van der Waals surface area contributed by atoms with Crippen LogP contribution in [0.25, 0.3) is 0 Å². The number of alkyl halides is 2. The van der Waals surface area contributed by atoms with Crippen LogP contribution in [-0.2, 0) is 27.5 Å². The molecule has 2 saturated heterocycles. The summed E-state index contributed by atoms with van der Waals surface area (Å²) in [6.45, 7) is 3.21. The molecule has 0 aromatic heterocycles. The minimum absolute atomic E-state index is 0.00790. The molecular formula is C23H28BF2N3O6. The first kappa shape index (κ1) is 25.2. The lowest BCUT2D eigenvalue weighted by Crippen LogP contribution is -2.51. The highest BCUT2D eigenvalue weighted by Gasteiger charge is 2.53. The monoisotopic (exact) mass is 491 g/mol. The number of ketones is 1. The third-order valence-corrected chi connectivity index (χ3v) is 6.99. The Morgan fingerprint density at radius 3 is 2.60 bits per heavy atom. The molecule has 0 bridgehead atoms. The zero-order chi connectivity index (χ0) is 25.7. The van der Waals surface area contributed by atoms with Gasteiger partial charge in [0.15, 0.2) is 5.78 Å². The maximum absolute atomic E-state index is 13.8. The summed E-state index contributed by atoms with van der Waals surface area (Å²) in [6, 6.07) is 4.26. The summed E-state index contributed by atoms with van der Waals surface area (Å²) >= 11 is 0. The molecule has 3 N–H and O–H groups in total. The van der Waals surface area contributed by atoms with Crippen LogP contribution in [0.5, 0.6) is 0 Å². The molecule has 2 fully saturated rings. The average Bonchev–Trinajstić information content (AvgIpc) is 3.47. The van der Waals surface area contributed by atoms with Gasteiger partial charge in [-0.25, -0.2) is 8.78 Å². The van der Waals surface area contributed by atoms with Crippen LogP contribution in [0.15, 0.2) is 18.2 Å². The Labute approximate surface area is 201 Å². The van der Waals surface area contributed by atoms with Crippen molar-refractivity contribution in [2.24, 2.45) is 11.8 Å². The normalized spacial score (nSPS) is 25.1. The molecule has 9 nitrogen and oxygen atoms in total. The molecule has 3 amide bonds. The van der Waals surface area contributed by atoms with Gasteiger partial charge in [-0.05, 0) is 17.5 Å². The molecular weight excluding hydrogens is 463 g/mol. The van der Waals surface area contributed by atoms with Gasteiger partial charge in [0.1, 0.15) is 6.04 Å². The molecule has 12 heteroatoms. The molecule has 0 spiro atoms. The van der Waals surface area contributed by atoms with Crippen molar-refractivity contribution in [3.05, 3.63) is 34.9 Å². The lowest BCUT2D eigenvalue weighted by Gasteiger charge is -2.26. The number of halogens is 2. The molecule has 0 radical (unpaired) electrons. The molecule has 188 valence electrons. The number of nitrogens with one attached hydrogen (secondary N) is 1. The van der Waals surface area contributed by atoms with E-state index in [1.54, 1.807) is 17.0 Å². The number of carbonyl (C=O) groups excluding carboxylic acids is 4. The first-order valence-corrected chi connectivity index (χ1v) is 11.7. The van der Waals surface area contributed by atoms with E-state index in [2.05, 4.69) is 5.32 Å². The van der Waals surface area contributed by atoms with E-state index >= 15 is 0 Å². The Hall–Kier alpha value is -2.86. The van der Waals surface area contributed by atoms with Crippen molar-refractivity contribution >= 4 is 30.6 Å². The van der Waals surface area contributed by atoms with Gasteiger partial charge in [-0.3, -0.25) is 19.2 Å². The highest BCUT2D eigenvalue weighted by atomic mass is 19.3. The molecule has 3 atom stereocenters. The molecule has 0 unspecified atom stereocenters. The third-order valence-electron chi connectivity index (χ3n) is 6.99. The summed E-state index contributed by atoms with van der Waals surface area (Å²) in [7, 11) is -2.13. The summed E-state index contributed by atoms with van der Waals surface area (Å²) in [5, 5.41) is 21.3. The first-order chi connectivity index (χ1) is 16.4. The van der Waals surface area contributed by atoms with Gasteiger partial charge in [-0.15, -0.1) is 0 Å². The SMILES string of the molecule is CC(C)C(=O)c1cccc2c1CN(C(=O)C[C@@H]1C[C@@H](C(=O)N3CC(F)(F)C[C@H]3B(O)O)NC1=O)C2. The first-order valence-electron chi connectivity index (χ1n) is 11.7. The van der Waals surface area contributed by atoms with Gasteiger partial charge >= 0.3 is 7.12 Å². The van der Waals surface area contributed by atoms with Crippen LogP contribution in [0, 0.1) is 11.8 Å². The maximum atomic E-state index is 13.8. The summed E-state index contributed by atoms with van der Waals surface area (Å²) in [6.07, 6.45) is -1.10. The summed E-state index contributed by atoms with van der Waals surface area (Å²) in [4.78, 5) is 53.1. The molecule has 3 aliphatic rings. The molecule has 3 heterocycles. The lowest BCUT2D eigenvalue weighted by atomic mass is 9.77. The number of amides is 3. The van der Waals surface area contributed by atoms with Crippen LogP contribution >= 0.6 is 0 Å². The van der Waals surface area contributed by atoms with Crippen LogP contribution < -0.4 is 5.32 Å². The Bertz CT molecular complexity index is 1070. The second-order valence-electron chi connectivity index (χ2n) is 9.92. The fourth-order valence-electron chi connectivity index (χ4n) is 5.11. The summed E-state index contributed by atoms with van der Waals surface area (Å²) in [5.41, 5.74) is 2.25. The van der Waals surface area contributed by atoms with E-state index < -0.39 is 55.7 Å². The Morgan fingerprint density at radius 1 is 1.23 bits per heavy atom. The number of benzene rings is 1. The smallest absolute Gasteiger partial charge is 0.426 e. The lowest BCUT2D eigenvalue weighted by molar-refractivity contribution is -0.135. The van der Waals surface area contributed by atoms with Crippen LogP contribution in [-0.4, -0.2) is 74.9 Å². The quantitative estimate of drug-likeness (QED) is 0.393. The second kappa shape index (κ2) is 9.31. The molecule has 4 rings (SSSR count). The van der Waals surface area contributed by atoms with E-state index in [0.29, 0.717) is 17.0 Å².